The molecule has 0 unspecified atom stereocenters. The van der Waals surface area contributed by atoms with E-state index < -0.39 is 12.7 Å². The number of hydrogen-bond acceptors (Lipinski definition) is 5. The number of nitrogens with zero attached hydrogens (tertiary/aromatic N) is 5. The molecule has 1 aromatic heterocycles. The van der Waals surface area contributed by atoms with Crippen molar-refractivity contribution in [3.8, 4) is 0 Å². The highest BCUT2D eigenvalue weighted by atomic mass is 35.5. The molecule has 0 aromatic carbocycles. The number of anilines is 2. The van der Waals surface area contributed by atoms with E-state index in [1.165, 1.54) is 11.9 Å². The van der Waals surface area contributed by atoms with Crippen molar-refractivity contribution in [2.24, 2.45) is 0 Å². The summed E-state index contributed by atoms with van der Waals surface area (Å²) in [6.07, 6.45) is -4.33. The molecule has 0 atom stereocenters. The molecule has 0 radical (unpaired) electrons. The van der Waals surface area contributed by atoms with E-state index in [9.17, 15) is 13.2 Å². The highest BCUT2D eigenvalue weighted by Gasteiger charge is 2.30. The maximum atomic E-state index is 12.2. The Kier molecular flexibility index (Phi) is 3.97. The maximum Gasteiger partial charge on any atom is 0.406 e. The number of hydrogen-bond donors (Lipinski definition) is 0. The van der Waals surface area contributed by atoms with Crippen molar-refractivity contribution in [3.05, 3.63) is 5.28 Å². The normalized spacial score (nSPS) is 11.5. The van der Waals surface area contributed by atoms with E-state index >= 15 is 0 Å². The summed E-state index contributed by atoms with van der Waals surface area (Å²) in [6.45, 7) is -1.15. The van der Waals surface area contributed by atoms with Crippen molar-refractivity contribution in [3.63, 3.8) is 0 Å². The predicted molar refractivity (Wildman–Crippen MR) is 58.5 cm³/mol. The van der Waals surface area contributed by atoms with Crippen LogP contribution in [0.5, 0.6) is 0 Å². The maximum absolute atomic E-state index is 12.2. The van der Waals surface area contributed by atoms with E-state index in [2.05, 4.69) is 15.0 Å². The van der Waals surface area contributed by atoms with Gasteiger partial charge in [0.05, 0.1) is 0 Å². The first-order valence-electron chi connectivity index (χ1n) is 4.56. The lowest BCUT2D eigenvalue weighted by Gasteiger charge is -2.20. The van der Waals surface area contributed by atoms with Crippen molar-refractivity contribution in [1.29, 1.82) is 0 Å². The first-order chi connectivity index (χ1) is 7.69. The molecule has 0 saturated heterocycles. The first kappa shape index (κ1) is 13.8. The topological polar surface area (TPSA) is 45.2 Å². The second kappa shape index (κ2) is 4.91. The van der Waals surface area contributed by atoms with Gasteiger partial charge in [0.25, 0.3) is 0 Å². The third-order valence-electron chi connectivity index (χ3n) is 1.74. The first-order valence-corrected chi connectivity index (χ1v) is 4.93. The van der Waals surface area contributed by atoms with Crippen molar-refractivity contribution in [1.82, 2.24) is 15.0 Å². The second-order valence-corrected chi connectivity index (χ2v) is 3.91. The Morgan fingerprint density at radius 1 is 1.06 bits per heavy atom. The smallest absolute Gasteiger partial charge is 0.347 e. The highest BCUT2D eigenvalue weighted by Crippen LogP contribution is 2.20. The molecule has 9 heteroatoms. The number of alkyl halides is 3. The Morgan fingerprint density at radius 2 is 1.59 bits per heavy atom. The van der Waals surface area contributed by atoms with Gasteiger partial charge in [-0.15, -0.1) is 0 Å². The minimum Gasteiger partial charge on any atom is -0.347 e. The Bertz CT molecular complexity index is 395. The Labute approximate surface area is 101 Å². The molecule has 1 rings (SSSR count). The van der Waals surface area contributed by atoms with Gasteiger partial charge in [-0.05, 0) is 11.6 Å². The van der Waals surface area contributed by atoms with Gasteiger partial charge in [-0.1, -0.05) is 0 Å². The van der Waals surface area contributed by atoms with E-state index in [0.29, 0.717) is 0 Å². The van der Waals surface area contributed by atoms with Gasteiger partial charge in [-0.3, -0.25) is 0 Å². The average molecular weight is 270 g/mol. The van der Waals surface area contributed by atoms with E-state index in [1.807, 2.05) is 0 Å². The van der Waals surface area contributed by atoms with Crippen LogP contribution in [0.3, 0.4) is 0 Å². The molecule has 0 aliphatic heterocycles. The number of halogens is 4. The number of rotatable bonds is 3. The van der Waals surface area contributed by atoms with Crippen LogP contribution in [0.25, 0.3) is 0 Å². The zero-order valence-corrected chi connectivity index (χ0v) is 10.2. The van der Waals surface area contributed by atoms with Gasteiger partial charge in [0.1, 0.15) is 6.54 Å². The molecular formula is C8H11ClF3N5. The van der Waals surface area contributed by atoms with Gasteiger partial charge in [-0.2, -0.15) is 28.1 Å². The lowest BCUT2D eigenvalue weighted by atomic mass is 10.5. The third-order valence-corrected chi connectivity index (χ3v) is 1.91. The monoisotopic (exact) mass is 269 g/mol. The van der Waals surface area contributed by atoms with E-state index in [4.69, 9.17) is 11.6 Å². The van der Waals surface area contributed by atoms with Crippen LogP contribution < -0.4 is 9.80 Å². The van der Waals surface area contributed by atoms with Gasteiger partial charge in [-0.25, -0.2) is 0 Å². The summed E-state index contributed by atoms with van der Waals surface area (Å²) in [5.74, 6) is 0.0834. The molecule has 0 fully saturated rings. The van der Waals surface area contributed by atoms with Crippen LogP contribution in [-0.4, -0.2) is 48.8 Å². The van der Waals surface area contributed by atoms with Crippen molar-refractivity contribution in [2.75, 3.05) is 37.5 Å². The Morgan fingerprint density at radius 3 is 2.06 bits per heavy atom. The van der Waals surface area contributed by atoms with Gasteiger partial charge >= 0.3 is 6.18 Å². The van der Waals surface area contributed by atoms with Gasteiger partial charge in [0.15, 0.2) is 0 Å². The fraction of sp³-hybridized carbons (Fsp3) is 0.625. The van der Waals surface area contributed by atoms with Crippen LogP contribution in [0.1, 0.15) is 0 Å². The summed E-state index contributed by atoms with van der Waals surface area (Å²) < 4.78 is 36.6. The molecule has 0 aliphatic rings. The summed E-state index contributed by atoms with van der Waals surface area (Å²) in [7, 11) is 4.54. The molecule has 1 aromatic rings. The average Bonchev–Trinajstić information content (AvgIpc) is 2.13. The molecule has 0 spiro atoms. The molecule has 96 valence electrons. The van der Waals surface area contributed by atoms with Crippen molar-refractivity contribution < 1.29 is 13.2 Å². The van der Waals surface area contributed by atoms with Crippen LogP contribution in [0.4, 0.5) is 25.1 Å². The van der Waals surface area contributed by atoms with Crippen LogP contribution in [0, 0.1) is 0 Å². The van der Waals surface area contributed by atoms with Crippen LogP contribution in [0.15, 0.2) is 0 Å². The molecule has 5 nitrogen and oxygen atoms in total. The molecule has 1 heterocycles. The summed E-state index contributed by atoms with van der Waals surface area (Å²) in [5, 5.41) is -0.146. The zero-order chi connectivity index (χ0) is 13.2. The lowest BCUT2D eigenvalue weighted by Crippen LogP contribution is -2.32. The summed E-state index contributed by atoms with van der Waals surface area (Å²) in [5.41, 5.74) is 0. The summed E-state index contributed by atoms with van der Waals surface area (Å²) in [6, 6.07) is 0. The molecule has 0 aliphatic carbocycles. The highest BCUT2D eigenvalue weighted by molar-refractivity contribution is 6.28. The fourth-order valence-corrected chi connectivity index (χ4v) is 1.19. The van der Waals surface area contributed by atoms with Gasteiger partial charge in [0.2, 0.25) is 17.2 Å². The van der Waals surface area contributed by atoms with Gasteiger partial charge in [0, 0.05) is 21.1 Å². The molecule has 0 N–H and O–H groups in total. The van der Waals surface area contributed by atoms with Crippen molar-refractivity contribution in [2.45, 2.75) is 6.18 Å². The van der Waals surface area contributed by atoms with Crippen LogP contribution in [-0.2, 0) is 0 Å². The minimum absolute atomic E-state index is 0.119. The van der Waals surface area contributed by atoms with Crippen LogP contribution >= 0.6 is 11.6 Å². The van der Waals surface area contributed by atoms with Crippen LogP contribution in [0.2, 0.25) is 5.28 Å². The molecule has 0 saturated carbocycles. The summed E-state index contributed by atoms with van der Waals surface area (Å²) in [4.78, 5) is 13.7. The second-order valence-electron chi connectivity index (χ2n) is 3.57. The molecule has 17 heavy (non-hydrogen) atoms. The third kappa shape index (κ3) is 4.22. The quantitative estimate of drug-likeness (QED) is 0.834. The largest absolute Gasteiger partial charge is 0.406 e. The fourth-order valence-electron chi connectivity index (χ4n) is 1.04. The van der Waals surface area contributed by atoms with E-state index in [1.54, 1.807) is 14.1 Å². The van der Waals surface area contributed by atoms with Gasteiger partial charge < -0.3 is 9.80 Å². The molecular weight excluding hydrogens is 259 g/mol. The standard InChI is InChI=1S/C8H11ClF3N5/c1-16(2)6-13-5(9)14-7(15-6)17(3)4-8(10,11)12/h4H2,1-3H3. The Hall–Kier alpha value is -1.31. The summed E-state index contributed by atoms with van der Waals surface area (Å²) >= 11 is 5.61. The van der Waals surface area contributed by atoms with E-state index in [-0.39, 0.29) is 17.2 Å². The molecule has 0 amide bonds. The van der Waals surface area contributed by atoms with Crippen molar-refractivity contribution >= 4 is 23.5 Å². The lowest BCUT2D eigenvalue weighted by molar-refractivity contribution is -0.119. The van der Waals surface area contributed by atoms with E-state index in [0.717, 1.165) is 4.90 Å². The predicted octanol–water partition coefficient (Wildman–Crippen LogP) is 1.59. The molecule has 0 bridgehead atoms. The number of aromatic nitrogens is 3. The Balaban J connectivity index is 2.97. The zero-order valence-electron chi connectivity index (χ0n) is 9.46. The minimum atomic E-state index is -4.33. The SMILES string of the molecule is CN(C)c1nc(Cl)nc(N(C)CC(F)(F)F)n1.